The molecule has 72 valence electrons. The Hall–Kier alpha value is -0.281. The summed E-state index contributed by atoms with van der Waals surface area (Å²) in [7, 11) is 6.41. The van der Waals surface area contributed by atoms with Crippen molar-refractivity contribution in [2.75, 3.05) is 21.1 Å². The standard InChI is InChI=1S/C11H16N.Sn.4H/c1-12(2,3)10-9-11-7-5-4-6-8-11;;;;;/h4-10H,1-3H3;;;;;/q+1;;;;;. The van der Waals surface area contributed by atoms with Gasteiger partial charge in [-0.15, -0.1) is 0 Å². The van der Waals surface area contributed by atoms with Crippen molar-refractivity contribution >= 4 is 30.0 Å². The Labute approximate surface area is 97.6 Å². The van der Waals surface area contributed by atoms with Gasteiger partial charge in [-0.25, -0.2) is 0 Å². The number of nitrogens with zero attached hydrogens (tertiary/aromatic N) is 1. The van der Waals surface area contributed by atoms with Crippen molar-refractivity contribution in [3.05, 3.63) is 42.1 Å². The van der Waals surface area contributed by atoms with Gasteiger partial charge in [-0.2, -0.15) is 0 Å². The molecule has 0 saturated carbocycles. The van der Waals surface area contributed by atoms with Gasteiger partial charge in [-0.05, 0) is 11.6 Å². The van der Waals surface area contributed by atoms with E-state index in [1.165, 1.54) is 5.56 Å². The molecule has 0 spiro atoms. The predicted octanol–water partition coefficient (Wildman–Crippen LogP) is 0.912. The Kier molecular flexibility index (Phi) is 5.33. The van der Waals surface area contributed by atoms with Crippen LogP contribution in [0, 0.1) is 0 Å². The summed E-state index contributed by atoms with van der Waals surface area (Å²) in [5.41, 5.74) is 1.26. The fourth-order valence-corrected chi connectivity index (χ4v) is 0.874. The molecule has 1 aromatic rings. The topological polar surface area (TPSA) is 0 Å². The Balaban J connectivity index is 0.00000144. The Morgan fingerprint density at radius 3 is 2.00 bits per heavy atom. The molecular weight excluding hydrogens is 265 g/mol. The molecular formula is C11H20NSn+. The van der Waals surface area contributed by atoms with Crippen LogP contribution in [0.3, 0.4) is 0 Å². The average molecular weight is 285 g/mol. The molecule has 0 saturated heterocycles. The molecule has 0 aliphatic heterocycles. The third-order valence-corrected chi connectivity index (χ3v) is 1.51. The molecule has 0 bridgehead atoms. The van der Waals surface area contributed by atoms with Gasteiger partial charge in [0.15, 0.2) is 0 Å². The molecule has 1 aromatic carbocycles. The van der Waals surface area contributed by atoms with Gasteiger partial charge >= 0.3 is 23.9 Å². The van der Waals surface area contributed by atoms with Crippen molar-refractivity contribution in [2.45, 2.75) is 0 Å². The quantitative estimate of drug-likeness (QED) is 0.560. The van der Waals surface area contributed by atoms with Gasteiger partial charge in [-0.3, -0.25) is 0 Å². The predicted molar refractivity (Wildman–Crippen MR) is 64.8 cm³/mol. The fourth-order valence-electron chi connectivity index (χ4n) is 0.874. The van der Waals surface area contributed by atoms with Gasteiger partial charge in [0.25, 0.3) is 0 Å². The van der Waals surface area contributed by atoms with Crippen LogP contribution in [-0.4, -0.2) is 49.5 Å². The molecule has 0 heterocycles. The molecule has 1 rings (SSSR count). The molecule has 13 heavy (non-hydrogen) atoms. The second-order valence-corrected chi connectivity index (χ2v) is 3.84. The van der Waals surface area contributed by atoms with Crippen LogP contribution in [0.2, 0.25) is 0 Å². The van der Waals surface area contributed by atoms with E-state index in [0.717, 1.165) is 4.48 Å². The van der Waals surface area contributed by atoms with E-state index in [-0.39, 0.29) is 23.9 Å². The maximum absolute atomic E-state index is 2.16. The van der Waals surface area contributed by atoms with E-state index in [1.807, 2.05) is 6.07 Å². The van der Waals surface area contributed by atoms with E-state index in [4.69, 9.17) is 0 Å². The minimum atomic E-state index is 0. The summed E-state index contributed by atoms with van der Waals surface area (Å²) in [6.45, 7) is 0. The normalized spacial score (nSPS) is 11.3. The monoisotopic (exact) mass is 286 g/mol. The molecule has 0 atom stereocenters. The van der Waals surface area contributed by atoms with E-state index in [9.17, 15) is 0 Å². The van der Waals surface area contributed by atoms with Gasteiger partial charge in [-0.1, -0.05) is 30.3 Å². The first-order valence-corrected chi connectivity index (χ1v) is 4.13. The molecule has 0 N–H and O–H groups in total. The molecule has 0 fully saturated rings. The third-order valence-electron chi connectivity index (χ3n) is 1.51. The van der Waals surface area contributed by atoms with Gasteiger partial charge < -0.3 is 4.48 Å². The Morgan fingerprint density at radius 2 is 1.54 bits per heavy atom. The van der Waals surface area contributed by atoms with Crippen LogP contribution in [0.4, 0.5) is 0 Å². The Morgan fingerprint density at radius 1 is 1.00 bits per heavy atom. The van der Waals surface area contributed by atoms with E-state index in [2.05, 4.69) is 57.7 Å². The summed E-state index contributed by atoms with van der Waals surface area (Å²) in [5.74, 6) is 0. The van der Waals surface area contributed by atoms with Crippen molar-refractivity contribution in [2.24, 2.45) is 0 Å². The second-order valence-electron chi connectivity index (χ2n) is 3.84. The molecule has 0 aromatic heterocycles. The summed E-state index contributed by atoms with van der Waals surface area (Å²) in [4.78, 5) is 0. The molecule has 2 heteroatoms. The molecule has 0 unspecified atom stereocenters. The van der Waals surface area contributed by atoms with Crippen LogP contribution in [0.25, 0.3) is 6.08 Å². The number of hydrogen-bond acceptors (Lipinski definition) is 0. The van der Waals surface area contributed by atoms with Crippen LogP contribution in [0.5, 0.6) is 0 Å². The second kappa shape index (κ2) is 5.45. The SMILES string of the molecule is C[N+](C)(C)C=Cc1ccccc1.[SnH4]. The van der Waals surface area contributed by atoms with Crippen LogP contribution < -0.4 is 0 Å². The zero-order valence-corrected chi connectivity index (χ0v) is 7.99. The van der Waals surface area contributed by atoms with Crippen LogP contribution in [0.1, 0.15) is 5.56 Å². The van der Waals surface area contributed by atoms with Crippen molar-refractivity contribution in [1.29, 1.82) is 0 Å². The average Bonchev–Trinajstić information content (AvgIpc) is 2.02. The van der Waals surface area contributed by atoms with Gasteiger partial charge in [0.1, 0.15) is 0 Å². The van der Waals surface area contributed by atoms with E-state index in [1.54, 1.807) is 0 Å². The van der Waals surface area contributed by atoms with E-state index in [0.29, 0.717) is 0 Å². The summed E-state index contributed by atoms with van der Waals surface area (Å²) in [5, 5.41) is 0. The molecule has 1 nitrogen and oxygen atoms in total. The summed E-state index contributed by atoms with van der Waals surface area (Å²) in [6, 6.07) is 10.3. The molecule has 0 aliphatic carbocycles. The summed E-state index contributed by atoms with van der Waals surface area (Å²) in [6.07, 6.45) is 4.30. The zero-order valence-electron chi connectivity index (χ0n) is 7.99. The van der Waals surface area contributed by atoms with Crippen molar-refractivity contribution in [1.82, 2.24) is 0 Å². The van der Waals surface area contributed by atoms with Crippen molar-refractivity contribution in [3.8, 4) is 0 Å². The number of rotatable bonds is 2. The van der Waals surface area contributed by atoms with Crippen LogP contribution in [0.15, 0.2) is 36.5 Å². The molecule has 0 radical (unpaired) electrons. The van der Waals surface area contributed by atoms with Crippen LogP contribution in [-0.2, 0) is 0 Å². The molecule has 0 amide bonds. The number of quaternary nitrogens is 1. The number of benzene rings is 1. The van der Waals surface area contributed by atoms with E-state index >= 15 is 0 Å². The third kappa shape index (κ3) is 5.88. The van der Waals surface area contributed by atoms with Gasteiger partial charge in [0.05, 0.1) is 27.3 Å². The van der Waals surface area contributed by atoms with Gasteiger partial charge in [0, 0.05) is 0 Å². The Bertz CT molecular complexity index is 259. The van der Waals surface area contributed by atoms with Crippen molar-refractivity contribution < 1.29 is 4.48 Å². The minimum absolute atomic E-state index is 0. The first-order chi connectivity index (χ1) is 5.58. The first kappa shape index (κ1) is 12.7. The summed E-state index contributed by atoms with van der Waals surface area (Å²) < 4.78 is 0.856. The maximum atomic E-state index is 2.16. The summed E-state index contributed by atoms with van der Waals surface area (Å²) >= 11 is 0. The molecule has 0 aliphatic rings. The van der Waals surface area contributed by atoms with Crippen molar-refractivity contribution in [3.63, 3.8) is 0 Å². The number of hydrogen-bond donors (Lipinski definition) is 0. The first-order valence-electron chi connectivity index (χ1n) is 4.13. The van der Waals surface area contributed by atoms with E-state index < -0.39 is 0 Å². The van der Waals surface area contributed by atoms with Crippen LogP contribution >= 0.6 is 0 Å². The van der Waals surface area contributed by atoms with Gasteiger partial charge in [0.2, 0.25) is 0 Å². The zero-order chi connectivity index (χ0) is 9.03. The fraction of sp³-hybridized carbons (Fsp3) is 0.273.